The molecule has 1 fully saturated rings. The first-order chi connectivity index (χ1) is 4.70. The van der Waals surface area contributed by atoms with Gasteiger partial charge in [-0.2, -0.15) is 0 Å². The first-order valence-electron chi connectivity index (χ1n) is 3.69. The summed E-state index contributed by atoms with van der Waals surface area (Å²) in [5.41, 5.74) is 5.60. The maximum Gasteiger partial charge on any atom is 0.105 e. The minimum atomic E-state index is 0.112. The Balaban J connectivity index is 2.10. The van der Waals surface area contributed by atoms with Gasteiger partial charge in [-0.15, -0.1) is 0 Å². The summed E-state index contributed by atoms with van der Waals surface area (Å²) in [5, 5.41) is 0. The van der Waals surface area contributed by atoms with Crippen LogP contribution in [0.2, 0.25) is 0 Å². The molecule has 0 aromatic rings. The molecule has 1 aliphatic rings. The molecule has 0 spiro atoms. The van der Waals surface area contributed by atoms with Crippen LogP contribution in [-0.2, 0) is 9.47 Å². The first-order valence-corrected chi connectivity index (χ1v) is 3.69. The zero-order valence-electron chi connectivity index (χ0n) is 6.54. The molecular weight excluding hydrogens is 130 g/mol. The Morgan fingerprint density at radius 1 is 1.50 bits per heavy atom. The number of rotatable bonds is 3. The van der Waals surface area contributed by atoms with Gasteiger partial charge in [0.05, 0.1) is 19.3 Å². The fourth-order valence-corrected chi connectivity index (χ4v) is 0.720. The molecule has 1 aliphatic heterocycles. The van der Waals surface area contributed by atoms with E-state index in [0.29, 0.717) is 6.10 Å². The summed E-state index contributed by atoms with van der Waals surface area (Å²) < 4.78 is 10.4. The summed E-state index contributed by atoms with van der Waals surface area (Å²) in [6.07, 6.45) is 0.440. The highest BCUT2D eigenvalue weighted by Gasteiger charge is 2.22. The van der Waals surface area contributed by atoms with E-state index in [9.17, 15) is 0 Å². The predicted octanol–water partition coefficient (Wildman–Crippen LogP) is 0.137. The van der Waals surface area contributed by atoms with Crippen LogP contribution in [0.4, 0.5) is 0 Å². The second-order valence-corrected chi connectivity index (χ2v) is 2.86. The highest BCUT2D eigenvalue weighted by Crippen LogP contribution is 2.09. The van der Waals surface area contributed by atoms with E-state index in [1.807, 2.05) is 13.8 Å². The Morgan fingerprint density at radius 3 is 2.40 bits per heavy atom. The molecule has 2 atom stereocenters. The van der Waals surface area contributed by atoms with Crippen molar-refractivity contribution in [3.63, 3.8) is 0 Å². The van der Waals surface area contributed by atoms with E-state index in [4.69, 9.17) is 15.2 Å². The van der Waals surface area contributed by atoms with E-state index in [2.05, 4.69) is 0 Å². The van der Waals surface area contributed by atoms with E-state index in [-0.39, 0.29) is 12.1 Å². The Labute approximate surface area is 61.5 Å². The van der Waals surface area contributed by atoms with Crippen molar-refractivity contribution in [3.8, 4) is 0 Å². The van der Waals surface area contributed by atoms with Crippen LogP contribution in [0.3, 0.4) is 0 Å². The zero-order valence-corrected chi connectivity index (χ0v) is 6.54. The lowest BCUT2D eigenvalue weighted by atomic mass is 10.2. The molecule has 1 rings (SSSR count). The Kier molecular flexibility index (Phi) is 2.65. The maximum absolute atomic E-state index is 5.60. The molecule has 2 unspecified atom stereocenters. The van der Waals surface area contributed by atoms with Crippen LogP contribution in [0.15, 0.2) is 0 Å². The predicted molar refractivity (Wildman–Crippen MR) is 38.8 cm³/mol. The fraction of sp³-hybridized carbons (Fsp3) is 1.00. The van der Waals surface area contributed by atoms with Crippen molar-refractivity contribution in [2.45, 2.75) is 32.1 Å². The second kappa shape index (κ2) is 3.32. The van der Waals surface area contributed by atoms with Crippen molar-refractivity contribution in [1.29, 1.82) is 0 Å². The van der Waals surface area contributed by atoms with Gasteiger partial charge in [0.1, 0.15) is 6.10 Å². The van der Waals surface area contributed by atoms with Crippen LogP contribution in [0.25, 0.3) is 0 Å². The largest absolute Gasteiger partial charge is 0.376 e. The molecular formula is C7H15NO2. The van der Waals surface area contributed by atoms with Crippen molar-refractivity contribution >= 4 is 0 Å². The Morgan fingerprint density at radius 2 is 2.10 bits per heavy atom. The molecule has 0 saturated carbocycles. The van der Waals surface area contributed by atoms with Crippen molar-refractivity contribution in [2.24, 2.45) is 5.73 Å². The van der Waals surface area contributed by atoms with Gasteiger partial charge in [0.2, 0.25) is 0 Å². The SMILES string of the molecule is CC(N)C(C)OC1COC1. The van der Waals surface area contributed by atoms with E-state index in [0.717, 1.165) is 13.2 Å². The molecule has 2 N–H and O–H groups in total. The highest BCUT2D eigenvalue weighted by atomic mass is 16.6. The van der Waals surface area contributed by atoms with Crippen LogP contribution in [-0.4, -0.2) is 31.5 Å². The quantitative estimate of drug-likeness (QED) is 0.614. The average Bonchev–Trinajstić information content (AvgIpc) is 1.77. The smallest absolute Gasteiger partial charge is 0.105 e. The lowest BCUT2D eigenvalue weighted by Crippen LogP contribution is -2.43. The molecule has 60 valence electrons. The first kappa shape index (κ1) is 7.98. The zero-order chi connectivity index (χ0) is 7.56. The van der Waals surface area contributed by atoms with Crippen LogP contribution < -0.4 is 5.73 Å². The molecule has 0 radical (unpaired) electrons. The minimum Gasteiger partial charge on any atom is -0.376 e. The summed E-state index contributed by atoms with van der Waals surface area (Å²) in [7, 11) is 0. The molecule has 0 aliphatic carbocycles. The molecule has 0 amide bonds. The second-order valence-electron chi connectivity index (χ2n) is 2.86. The van der Waals surface area contributed by atoms with Gasteiger partial charge in [-0.25, -0.2) is 0 Å². The number of hydrogen-bond acceptors (Lipinski definition) is 3. The molecule has 0 bridgehead atoms. The van der Waals surface area contributed by atoms with Crippen LogP contribution >= 0.6 is 0 Å². The molecule has 3 nitrogen and oxygen atoms in total. The van der Waals surface area contributed by atoms with Crippen LogP contribution in [0, 0.1) is 0 Å². The van der Waals surface area contributed by atoms with Crippen molar-refractivity contribution in [3.05, 3.63) is 0 Å². The van der Waals surface area contributed by atoms with E-state index in [1.165, 1.54) is 0 Å². The van der Waals surface area contributed by atoms with Gasteiger partial charge in [0, 0.05) is 6.04 Å². The summed E-state index contributed by atoms with van der Waals surface area (Å²) >= 11 is 0. The lowest BCUT2D eigenvalue weighted by molar-refractivity contribution is -0.153. The molecule has 1 heterocycles. The fourth-order valence-electron chi connectivity index (χ4n) is 0.720. The third-order valence-electron chi connectivity index (χ3n) is 1.76. The summed E-state index contributed by atoms with van der Waals surface area (Å²) in [5.74, 6) is 0. The van der Waals surface area contributed by atoms with E-state index < -0.39 is 0 Å². The standard InChI is InChI=1S/C7H15NO2/c1-5(8)6(2)10-7-3-9-4-7/h5-7H,3-4,8H2,1-2H3. The molecule has 10 heavy (non-hydrogen) atoms. The van der Waals surface area contributed by atoms with E-state index in [1.54, 1.807) is 0 Å². The van der Waals surface area contributed by atoms with Crippen LogP contribution in [0.5, 0.6) is 0 Å². The molecule has 3 heteroatoms. The van der Waals surface area contributed by atoms with Crippen LogP contribution in [0.1, 0.15) is 13.8 Å². The number of hydrogen-bond donors (Lipinski definition) is 1. The third-order valence-corrected chi connectivity index (χ3v) is 1.76. The van der Waals surface area contributed by atoms with Gasteiger partial charge in [-0.1, -0.05) is 0 Å². The number of nitrogens with two attached hydrogens (primary N) is 1. The normalized spacial score (nSPS) is 25.5. The summed E-state index contributed by atoms with van der Waals surface area (Å²) in [4.78, 5) is 0. The third kappa shape index (κ3) is 1.94. The van der Waals surface area contributed by atoms with Gasteiger partial charge in [0.25, 0.3) is 0 Å². The van der Waals surface area contributed by atoms with Gasteiger partial charge >= 0.3 is 0 Å². The van der Waals surface area contributed by atoms with Gasteiger partial charge < -0.3 is 15.2 Å². The summed E-state index contributed by atoms with van der Waals surface area (Å²) in [6.45, 7) is 5.40. The van der Waals surface area contributed by atoms with Gasteiger partial charge in [-0.05, 0) is 13.8 Å². The minimum absolute atomic E-state index is 0.112. The molecule has 1 saturated heterocycles. The monoisotopic (exact) mass is 145 g/mol. The van der Waals surface area contributed by atoms with E-state index >= 15 is 0 Å². The molecule has 0 aromatic heterocycles. The van der Waals surface area contributed by atoms with Gasteiger partial charge in [0.15, 0.2) is 0 Å². The summed E-state index contributed by atoms with van der Waals surface area (Å²) in [6, 6.07) is 0.112. The van der Waals surface area contributed by atoms with Crippen molar-refractivity contribution in [2.75, 3.05) is 13.2 Å². The average molecular weight is 145 g/mol. The molecule has 0 aromatic carbocycles. The van der Waals surface area contributed by atoms with Gasteiger partial charge in [-0.3, -0.25) is 0 Å². The number of ether oxygens (including phenoxy) is 2. The van der Waals surface area contributed by atoms with Crippen molar-refractivity contribution < 1.29 is 9.47 Å². The Hall–Kier alpha value is -0.120. The lowest BCUT2D eigenvalue weighted by Gasteiger charge is -2.30. The maximum atomic E-state index is 5.60. The topological polar surface area (TPSA) is 44.5 Å². The van der Waals surface area contributed by atoms with Crippen molar-refractivity contribution in [1.82, 2.24) is 0 Å². The highest BCUT2D eigenvalue weighted by molar-refractivity contribution is 4.70. The Bertz CT molecular complexity index is 102.